The maximum Gasteiger partial charge on any atom is 0.129 e. The van der Waals surface area contributed by atoms with Crippen LogP contribution in [0.1, 0.15) is 30.0 Å². The Morgan fingerprint density at radius 3 is 2.59 bits per heavy atom. The van der Waals surface area contributed by atoms with Gasteiger partial charge in [-0.25, -0.2) is 0 Å². The molecule has 1 aliphatic rings. The molecule has 0 fully saturated rings. The molecule has 2 aromatic rings. The van der Waals surface area contributed by atoms with Gasteiger partial charge in [0.15, 0.2) is 0 Å². The Balaban J connectivity index is 2.03. The van der Waals surface area contributed by atoms with Gasteiger partial charge in [-0.2, -0.15) is 0 Å². The fourth-order valence-electron chi connectivity index (χ4n) is 2.89. The molecule has 0 spiro atoms. The predicted molar refractivity (Wildman–Crippen MR) is 90.6 cm³/mol. The Morgan fingerprint density at radius 2 is 1.86 bits per heavy atom. The van der Waals surface area contributed by atoms with Crippen molar-refractivity contribution >= 4 is 17.4 Å². The average molecular weight is 315 g/mol. The molecule has 0 saturated heterocycles. The summed E-state index contributed by atoms with van der Waals surface area (Å²) in [5.41, 5.74) is 3.16. The summed E-state index contributed by atoms with van der Waals surface area (Å²) in [5.74, 6) is 0.890. The zero-order chi connectivity index (χ0) is 15.6. The smallest absolute Gasteiger partial charge is 0.129 e. The Bertz CT molecular complexity index is 696. The molecule has 0 amide bonds. The zero-order valence-corrected chi connectivity index (χ0v) is 13.3. The van der Waals surface area contributed by atoms with E-state index in [0.717, 1.165) is 22.0 Å². The lowest BCUT2D eigenvalue weighted by Crippen LogP contribution is -2.37. The van der Waals surface area contributed by atoms with Crippen LogP contribution >= 0.6 is 11.6 Å². The highest BCUT2D eigenvalue weighted by atomic mass is 35.5. The average Bonchev–Trinajstić information content (AvgIpc) is 2.83. The highest BCUT2D eigenvalue weighted by Gasteiger charge is 2.38. The van der Waals surface area contributed by atoms with Gasteiger partial charge in [-0.05, 0) is 36.6 Å². The van der Waals surface area contributed by atoms with Gasteiger partial charge in [0.1, 0.15) is 5.84 Å². The standard InChI is InChI=1S/C18H19ClN2O/c1-18(13-7-9-14(19)10-8-13)16-6-3-2-5-15(16)17(21-18)20-11-4-12-22/h2-3,5-10,22H,4,11-12H2,1H3,(H,20,21). The van der Waals surface area contributed by atoms with E-state index in [4.69, 9.17) is 16.7 Å². The first-order valence-corrected chi connectivity index (χ1v) is 7.82. The Hall–Kier alpha value is -1.84. The van der Waals surface area contributed by atoms with Gasteiger partial charge in [-0.15, -0.1) is 0 Å². The number of rotatable bonds is 4. The van der Waals surface area contributed by atoms with Crippen molar-refractivity contribution in [3.05, 3.63) is 70.2 Å². The minimum absolute atomic E-state index is 0.160. The Labute approximate surface area is 135 Å². The molecule has 114 valence electrons. The molecule has 0 saturated carbocycles. The van der Waals surface area contributed by atoms with Gasteiger partial charge < -0.3 is 10.4 Å². The van der Waals surface area contributed by atoms with Crippen LogP contribution in [0.3, 0.4) is 0 Å². The molecule has 0 radical (unpaired) electrons. The number of hydrogen-bond donors (Lipinski definition) is 2. The predicted octanol–water partition coefficient (Wildman–Crippen LogP) is 3.34. The van der Waals surface area contributed by atoms with Crippen LogP contribution in [0.4, 0.5) is 0 Å². The highest BCUT2D eigenvalue weighted by molar-refractivity contribution is 6.30. The maximum atomic E-state index is 8.94. The molecular weight excluding hydrogens is 296 g/mol. The number of aliphatic imine (C=N–C) groups is 1. The van der Waals surface area contributed by atoms with Crippen molar-refractivity contribution in [2.75, 3.05) is 13.2 Å². The number of halogens is 1. The molecular formula is C18H19ClN2O. The summed E-state index contributed by atoms with van der Waals surface area (Å²) in [7, 11) is 0. The van der Waals surface area contributed by atoms with Gasteiger partial charge in [-0.1, -0.05) is 48.0 Å². The summed E-state index contributed by atoms with van der Waals surface area (Å²) in [6.45, 7) is 2.93. The number of amidine groups is 1. The van der Waals surface area contributed by atoms with Crippen LogP contribution in [0.2, 0.25) is 5.02 Å². The second-order valence-corrected chi connectivity index (χ2v) is 6.05. The minimum Gasteiger partial charge on any atom is -0.396 e. The summed E-state index contributed by atoms with van der Waals surface area (Å²) >= 11 is 6.01. The summed E-state index contributed by atoms with van der Waals surface area (Å²) in [5, 5.41) is 13.2. The lowest BCUT2D eigenvalue weighted by Gasteiger charge is -2.27. The topological polar surface area (TPSA) is 44.6 Å². The van der Waals surface area contributed by atoms with Crippen LogP contribution in [-0.2, 0) is 5.54 Å². The molecule has 2 N–H and O–H groups in total. The highest BCUT2D eigenvalue weighted by Crippen LogP contribution is 2.37. The Morgan fingerprint density at radius 1 is 1.14 bits per heavy atom. The molecule has 22 heavy (non-hydrogen) atoms. The third kappa shape index (κ3) is 2.62. The maximum absolute atomic E-state index is 8.94. The van der Waals surface area contributed by atoms with Crippen LogP contribution in [-0.4, -0.2) is 24.1 Å². The van der Waals surface area contributed by atoms with Gasteiger partial charge in [0, 0.05) is 23.7 Å². The van der Waals surface area contributed by atoms with E-state index in [-0.39, 0.29) is 12.1 Å². The van der Waals surface area contributed by atoms with Crippen molar-refractivity contribution in [2.45, 2.75) is 18.9 Å². The van der Waals surface area contributed by atoms with Crippen molar-refractivity contribution in [1.29, 1.82) is 0 Å². The van der Waals surface area contributed by atoms with Gasteiger partial charge in [-0.3, -0.25) is 4.99 Å². The lowest BCUT2D eigenvalue weighted by molar-refractivity contribution is 0.291. The van der Waals surface area contributed by atoms with Crippen LogP contribution < -0.4 is 5.32 Å². The van der Waals surface area contributed by atoms with Gasteiger partial charge in [0.2, 0.25) is 0 Å². The van der Waals surface area contributed by atoms with E-state index in [9.17, 15) is 0 Å². The summed E-state index contributed by atoms with van der Waals surface area (Å²) in [6.07, 6.45) is 0.672. The third-order valence-corrected chi connectivity index (χ3v) is 4.35. The van der Waals surface area contributed by atoms with E-state index in [1.54, 1.807) is 0 Å². The van der Waals surface area contributed by atoms with Crippen molar-refractivity contribution in [1.82, 2.24) is 5.32 Å². The molecule has 1 atom stereocenters. The number of aliphatic hydroxyl groups is 1. The molecule has 1 unspecified atom stereocenters. The van der Waals surface area contributed by atoms with Crippen molar-refractivity contribution in [3.63, 3.8) is 0 Å². The fraction of sp³-hybridized carbons (Fsp3) is 0.278. The largest absolute Gasteiger partial charge is 0.396 e. The van der Waals surface area contributed by atoms with Crippen LogP contribution in [0.25, 0.3) is 0 Å². The number of nitrogens with one attached hydrogen (secondary N) is 1. The monoisotopic (exact) mass is 314 g/mol. The van der Waals surface area contributed by atoms with E-state index < -0.39 is 0 Å². The lowest BCUT2D eigenvalue weighted by atomic mass is 9.85. The zero-order valence-electron chi connectivity index (χ0n) is 12.5. The normalized spacial score (nSPS) is 21.7. The van der Waals surface area contributed by atoms with E-state index in [2.05, 4.69) is 29.4 Å². The quantitative estimate of drug-likeness (QED) is 0.850. The number of benzene rings is 2. The first-order valence-electron chi connectivity index (χ1n) is 7.44. The van der Waals surface area contributed by atoms with Crippen LogP contribution in [0.5, 0.6) is 0 Å². The Kier molecular flexibility index (Phi) is 4.19. The molecule has 1 heterocycles. The SMILES string of the molecule is CC1(c2ccc(Cl)cc2)NC(=NCCCO)c2ccccc21. The van der Waals surface area contributed by atoms with Crippen molar-refractivity contribution in [3.8, 4) is 0 Å². The summed E-state index contributed by atoms with van der Waals surface area (Å²) in [6, 6.07) is 16.2. The van der Waals surface area contributed by atoms with E-state index in [1.807, 2.05) is 36.4 Å². The van der Waals surface area contributed by atoms with Crippen molar-refractivity contribution < 1.29 is 5.11 Å². The first-order chi connectivity index (χ1) is 10.6. The van der Waals surface area contributed by atoms with E-state index in [0.29, 0.717) is 13.0 Å². The first kappa shape index (κ1) is 15.1. The second kappa shape index (κ2) is 6.11. The second-order valence-electron chi connectivity index (χ2n) is 5.61. The molecule has 0 aliphatic carbocycles. The van der Waals surface area contributed by atoms with Crippen LogP contribution in [0.15, 0.2) is 53.5 Å². The fourth-order valence-corrected chi connectivity index (χ4v) is 3.02. The molecule has 1 aliphatic heterocycles. The van der Waals surface area contributed by atoms with Gasteiger partial charge >= 0.3 is 0 Å². The van der Waals surface area contributed by atoms with Crippen LogP contribution in [0, 0.1) is 0 Å². The van der Waals surface area contributed by atoms with Crippen molar-refractivity contribution in [2.24, 2.45) is 4.99 Å². The summed E-state index contributed by atoms with van der Waals surface area (Å²) < 4.78 is 0. The number of aliphatic hydroxyl groups excluding tert-OH is 1. The van der Waals surface area contributed by atoms with E-state index >= 15 is 0 Å². The molecule has 4 heteroatoms. The van der Waals surface area contributed by atoms with E-state index in [1.165, 1.54) is 5.56 Å². The minimum atomic E-state index is -0.320. The summed E-state index contributed by atoms with van der Waals surface area (Å²) in [4.78, 5) is 4.61. The molecule has 3 nitrogen and oxygen atoms in total. The number of hydrogen-bond acceptors (Lipinski definition) is 2. The molecule has 3 rings (SSSR count). The van der Waals surface area contributed by atoms with Gasteiger partial charge in [0.05, 0.1) is 5.54 Å². The third-order valence-electron chi connectivity index (χ3n) is 4.10. The number of nitrogens with zero attached hydrogens (tertiary/aromatic N) is 1. The molecule has 0 bridgehead atoms. The molecule has 2 aromatic carbocycles. The van der Waals surface area contributed by atoms with Gasteiger partial charge in [0.25, 0.3) is 0 Å². The molecule has 0 aromatic heterocycles. The number of fused-ring (bicyclic) bond motifs is 1.